The molecule has 2 heterocycles. The first kappa shape index (κ1) is 18.2. The fraction of sp³-hybridized carbons (Fsp3) is 0.429. The standard InChI is InChI=1S/C21H28N4O/c1-6-9-18(26)24-21-19(14(4)15(5)25(21)12-13(2)3)20-22-16-10-7-8-11-17(16)23-20/h7-8,10-11,13H,6,9,12H2,1-5H3,(H,22,23)(H,24,26). The van der Waals surface area contributed by atoms with Gasteiger partial charge >= 0.3 is 0 Å². The van der Waals surface area contributed by atoms with Crippen LogP contribution in [-0.2, 0) is 11.3 Å². The molecule has 1 amide bonds. The van der Waals surface area contributed by atoms with Gasteiger partial charge in [-0.1, -0.05) is 32.9 Å². The van der Waals surface area contributed by atoms with E-state index in [1.807, 2.05) is 31.2 Å². The minimum absolute atomic E-state index is 0.0485. The molecule has 0 saturated carbocycles. The van der Waals surface area contributed by atoms with Crippen molar-refractivity contribution >= 4 is 22.8 Å². The molecule has 138 valence electrons. The van der Waals surface area contributed by atoms with Gasteiger partial charge < -0.3 is 14.9 Å². The molecule has 5 nitrogen and oxygen atoms in total. The van der Waals surface area contributed by atoms with Crippen LogP contribution in [0.15, 0.2) is 24.3 Å². The highest BCUT2D eigenvalue weighted by Crippen LogP contribution is 2.36. The second kappa shape index (κ2) is 7.36. The number of benzene rings is 1. The van der Waals surface area contributed by atoms with Crippen molar-refractivity contribution < 1.29 is 4.79 Å². The van der Waals surface area contributed by atoms with E-state index in [-0.39, 0.29) is 5.91 Å². The van der Waals surface area contributed by atoms with Gasteiger partial charge in [-0.15, -0.1) is 0 Å². The lowest BCUT2D eigenvalue weighted by molar-refractivity contribution is -0.116. The number of imidazole rings is 1. The molecule has 0 atom stereocenters. The van der Waals surface area contributed by atoms with Crippen LogP contribution in [0.1, 0.15) is 44.9 Å². The number of fused-ring (bicyclic) bond motifs is 1. The van der Waals surface area contributed by atoms with Crippen molar-refractivity contribution in [1.82, 2.24) is 14.5 Å². The zero-order valence-electron chi connectivity index (χ0n) is 16.3. The van der Waals surface area contributed by atoms with Gasteiger partial charge in [0.1, 0.15) is 11.6 Å². The number of nitrogens with zero attached hydrogens (tertiary/aromatic N) is 2. The SMILES string of the molecule is CCCC(=O)Nc1c(-c2nc3ccccc3[nH]2)c(C)c(C)n1CC(C)C. The largest absolute Gasteiger partial charge is 0.338 e. The molecule has 2 N–H and O–H groups in total. The summed E-state index contributed by atoms with van der Waals surface area (Å²) in [5, 5.41) is 3.15. The monoisotopic (exact) mass is 352 g/mol. The Balaban J connectivity index is 2.17. The third-order valence-electron chi connectivity index (χ3n) is 4.74. The second-order valence-corrected chi connectivity index (χ2v) is 7.34. The normalized spacial score (nSPS) is 11.5. The van der Waals surface area contributed by atoms with E-state index in [0.29, 0.717) is 12.3 Å². The Labute approximate surface area is 154 Å². The van der Waals surface area contributed by atoms with Gasteiger partial charge in [0.25, 0.3) is 0 Å². The Morgan fingerprint density at radius 2 is 2.00 bits per heavy atom. The van der Waals surface area contributed by atoms with Crippen LogP contribution in [0.5, 0.6) is 0 Å². The molecule has 1 aromatic carbocycles. The highest BCUT2D eigenvalue weighted by molar-refractivity contribution is 5.95. The number of carbonyl (C=O) groups excluding carboxylic acids is 1. The quantitative estimate of drug-likeness (QED) is 0.652. The van der Waals surface area contributed by atoms with E-state index in [1.54, 1.807) is 0 Å². The van der Waals surface area contributed by atoms with Gasteiger partial charge in [-0.3, -0.25) is 4.79 Å². The number of hydrogen-bond acceptors (Lipinski definition) is 2. The summed E-state index contributed by atoms with van der Waals surface area (Å²) in [4.78, 5) is 20.6. The first-order valence-corrected chi connectivity index (χ1v) is 9.37. The van der Waals surface area contributed by atoms with E-state index in [0.717, 1.165) is 46.8 Å². The average Bonchev–Trinajstić information content (AvgIpc) is 3.10. The maximum absolute atomic E-state index is 12.4. The van der Waals surface area contributed by atoms with E-state index in [9.17, 15) is 4.79 Å². The molecule has 5 heteroatoms. The van der Waals surface area contributed by atoms with Crippen LogP contribution in [0, 0.1) is 19.8 Å². The summed E-state index contributed by atoms with van der Waals surface area (Å²) in [6.07, 6.45) is 1.35. The summed E-state index contributed by atoms with van der Waals surface area (Å²) in [6, 6.07) is 8.00. The summed E-state index contributed by atoms with van der Waals surface area (Å²) in [7, 11) is 0. The van der Waals surface area contributed by atoms with Crippen molar-refractivity contribution in [3.8, 4) is 11.4 Å². The van der Waals surface area contributed by atoms with Crippen LogP contribution >= 0.6 is 0 Å². The molecular formula is C21H28N4O. The van der Waals surface area contributed by atoms with Crippen molar-refractivity contribution in [3.63, 3.8) is 0 Å². The fourth-order valence-electron chi connectivity index (χ4n) is 3.37. The maximum atomic E-state index is 12.4. The summed E-state index contributed by atoms with van der Waals surface area (Å²) >= 11 is 0. The number of nitrogens with one attached hydrogen (secondary N) is 2. The topological polar surface area (TPSA) is 62.7 Å². The number of carbonyl (C=O) groups is 1. The number of aromatic nitrogens is 3. The van der Waals surface area contributed by atoms with E-state index in [2.05, 4.69) is 42.6 Å². The van der Waals surface area contributed by atoms with Gasteiger partial charge in [-0.2, -0.15) is 0 Å². The zero-order valence-corrected chi connectivity index (χ0v) is 16.3. The summed E-state index contributed by atoms with van der Waals surface area (Å²) in [6.45, 7) is 11.5. The zero-order chi connectivity index (χ0) is 18.8. The average molecular weight is 352 g/mol. The number of amides is 1. The molecule has 2 aromatic heterocycles. The van der Waals surface area contributed by atoms with Crippen molar-refractivity contribution in [2.45, 2.75) is 54.0 Å². The molecule has 0 unspecified atom stereocenters. The Bertz CT molecular complexity index is 900. The molecule has 0 aliphatic rings. The number of hydrogen-bond donors (Lipinski definition) is 2. The molecule has 0 spiro atoms. The van der Waals surface area contributed by atoms with Crippen LogP contribution in [-0.4, -0.2) is 20.4 Å². The summed E-state index contributed by atoms with van der Waals surface area (Å²) < 4.78 is 2.22. The highest BCUT2D eigenvalue weighted by atomic mass is 16.1. The molecule has 0 radical (unpaired) electrons. The summed E-state index contributed by atoms with van der Waals surface area (Å²) in [5.74, 6) is 2.19. The number of rotatable bonds is 6. The third kappa shape index (κ3) is 3.39. The maximum Gasteiger partial charge on any atom is 0.225 e. The van der Waals surface area contributed by atoms with Crippen LogP contribution < -0.4 is 5.32 Å². The lowest BCUT2D eigenvalue weighted by atomic mass is 10.1. The Morgan fingerprint density at radius 1 is 1.27 bits per heavy atom. The number of para-hydroxylation sites is 2. The van der Waals surface area contributed by atoms with Crippen molar-refractivity contribution in [2.24, 2.45) is 5.92 Å². The molecule has 3 aromatic rings. The lowest BCUT2D eigenvalue weighted by Crippen LogP contribution is -2.17. The number of aromatic amines is 1. The molecule has 0 aliphatic carbocycles. The minimum atomic E-state index is 0.0485. The van der Waals surface area contributed by atoms with E-state index in [1.165, 1.54) is 5.69 Å². The van der Waals surface area contributed by atoms with E-state index in [4.69, 9.17) is 4.98 Å². The Hall–Kier alpha value is -2.56. The van der Waals surface area contributed by atoms with Gasteiger partial charge in [0.2, 0.25) is 5.91 Å². The van der Waals surface area contributed by atoms with Crippen molar-refractivity contribution in [3.05, 3.63) is 35.5 Å². The molecule has 3 rings (SSSR count). The van der Waals surface area contributed by atoms with Gasteiger partial charge in [0.05, 0.1) is 16.6 Å². The highest BCUT2D eigenvalue weighted by Gasteiger charge is 2.23. The lowest BCUT2D eigenvalue weighted by Gasteiger charge is -2.15. The van der Waals surface area contributed by atoms with Gasteiger partial charge in [-0.05, 0) is 43.9 Å². The van der Waals surface area contributed by atoms with E-state index < -0.39 is 0 Å². The van der Waals surface area contributed by atoms with Gasteiger partial charge in [0.15, 0.2) is 0 Å². The second-order valence-electron chi connectivity index (χ2n) is 7.34. The molecule has 0 fully saturated rings. The molecule has 0 aliphatic heterocycles. The molecule has 0 bridgehead atoms. The van der Waals surface area contributed by atoms with Gasteiger partial charge in [0, 0.05) is 18.7 Å². The number of H-pyrrole nitrogens is 1. The first-order valence-electron chi connectivity index (χ1n) is 9.37. The first-order chi connectivity index (χ1) is 12.4. The summed E-state index contributed by atoms with van der Waals surface area (Å²) in [5.41, 5.74) is 5.24. The van der Waals surface area contributed by atoms with Crippen LogP contribution in [0.3, 0.4) is 0 Å². The van der Waals surface area contributed by atoms with E-state index >= 15 is 0 Å². The van der Waals surface area contributed by atoms with Crippen molar-refractivity contribution in [2.75, 3.05) is 5.32 Å². The molecule has 0 saturated heterocycles. The Morgan fingerprint density at radius 3 is 2.65 bits per heavy atom. The smallest absolute Gasteiger partial charge is 0.225 e. The predicted molar refractivity (Wildman–Crippen MR) is 107 cm³/mol. The fourth-order valence-corrected chi connectivity index (χ4v) is 3.37. The molecular weight excluding hydrogens is 324 g/mol. The Kier molecular flexibility index (Phi) is 5.16. The minimum Gasteiger partial charge on any atom is -0.338 e. The van der Waals surface area contributed by atoms with Crippen LogP contribution in [0.2, 0.25) is 0 Å². The van der Waals surface area contributed by atoms with Crippen LogP contribution in [0.25, 0.3) is 22.4 Å². The third-order valence-corrected chi connectivity index (χ3v) is 4.74. The van der Waals surface area contributed by atoms with Crippen molar-refractivity contribution in [1.29, 1.82) is 0 Å². The molecule has 26 heavy (non-hydrogen) atoms. The number of anilines is 1. The predicted octanol–water partition coefficient (Wildman–Crippen LogP) is 5.04. The van der Waals surface area contributed by atoms with Crippen LogP contribution in [0.4, 0.5) is 5.82 Å². The van der Waals surface area contributed by atoms with Gasteiger partial charge in [-0.25, -0.2) is 4.98 Å².